The van der Waals surface area contributed by atoms with E-state index < -0.39 is 0 Å². The van der Waals surface area contributed by atoms with Crippen LogP contribution in [0.5, 0.6) is 0 Å². The Kier molecular flexibility index (Phi) is 4.94. The summed E-state index contributed by atoms with van der Waals surface area (Å²) in [6.45, 7) is 9.90. The van der Waals surface area contributed by atoms with Crippen molar-refractivity contribution in [2.24, 2.45) is 5.41 Å². The van der Waals surface area contributed by atoms with Crippen LogP contribution in [-0.2, 0) is 9.53 Å². The van der Waals surface area contributed by atoms with Crippen LogP contribution in [0.15, 0.2) is 0 Å². The Morgan fingerprint density at radius 2 is 1.80 bits per heavy atom. The van der Waals surface area contributed by atoms with Crippen LogP contribution in [0.1, 0.15) is 41.0 Å². The van der Waals surface area contributed by atoms with E-state index in [4.69, 9.17) is 4.74 Å². The summed E-state index contributed by atoms with van der Waals surface area (Å²) in [6, 6.07) is -0.119. The average molecular weight is 215 g/mol. The van der Waals surface area contributed by atoms with E-state index in [0.29, 0.717) is 0 Å². The number of rotatable bonds is 6. The number of likely N-dealkylation sites (N-methyl/N-ethyl adjacent to an activating group) is 1. The number of methoxy groups -OCH3 is 1. The normalized spacial score (nSPS) is 15.1. The highest BCUT2D eigenvalue weighted by molar-refractivity contribution is 5.82. The minimum atomic E-state index is -0.200. The van der Waals surface area contributed by atoms with Crippen LogP contribution < -0.4 is 5.32 Å². The fourth-order valence-electron chi connectivity index (χ4n) is 2.42. The Bertz CT molecular complexity index is 222. The minimum Gasteiger partial charge on any atom is -0.379 e. The van der Waals surface area contributed by atoms with Gasteiger partial charge in [0.25, 0.3) is 0 Å². The molecule has 0 rings (SSSR count). The molecule has 3 heteroatoms. The molecule has 0 fully saturated rings. The molecule has 0 aromatic heterocycles. The molecule has 0 aliphatic rings. The molecule has 0 saturated carbocycles. The van der Waals surface area contributed by atoms with Crippen molar-refractivity contribution in [3.8, 4) is 0 Å². The SMILES string of the molecule is CNC(C(C)=O)C(C)(C)CC(C)(C)OC. The van der Waals surface area contributed by atoms with E-state index in [-0.39, 0.29) is 22.8 Å². The van der Waals surface area contributed by atoms with E-state index in [9.17, 15) is 4.79 Å². The van der Waals surface area contributed by atoms with Crippen molar-refractivity contribution in [3.63, 3.8) is 0 Å². The largest absolute Gasteiger partial charge is 0.379 e. The first-order valence-corrected chi connectivity index (χ1v) is 5.39. The van der Waals surface area contributed by atoms with Gasteiger partial charge in [0.15, 0.2) is 0 Å². The highest BCUT2D eigenvalue weighted by Gasteiger charge is 2.36. The van der Waals surface area contributed by atoms with Crippen molar-refractivity contribution in [2.45, 2.75) is 52.7 Å². The van der Waals surface area contributed by atoms with Crippen molar-refractivity contribution in [1.29, 1.82) is 0 Å². The summed E-state index contributed by atoms with van der Waals surface area (Å²) in [7, 11) is 3.53. The number of ether oxygens (including phenoxy) is 1. The molecule has 0 aliphatic carbocycles. The smallest absolute Gasteiger partial charge is 0.147 e. The second-order valence-electron chi connectivity index (χ2n) is 5.46. The van der Waals surface area contributed by atoms with Gasteiger partial charge in [0.2, 0.25) is 0 Å². The summed E-state index contributed by atoms with van der Waals surface area (Å²) in [5.74, 6) is 0.175. The number of hydrogen-bond acceptors (Lipinski definition) is 3. The number of Topliss-reactive ketones (excluding diaryl/α,β-unsaturated/α-hetero) is 1. The first-order chi connectivity index (χ1) is 6.66. The molecule has 0 amide bonds. The molecule has 0 spiro atoms. The third kappa shape index (κ3) is 4.31. The maximum Gasteiger partial charge on any atom is 0.147 e. The van der Waals surface area contributed by atoms with Gasteiger partial charge in [-0.25, -0.2) is 0 Å². The zero-order valence-electron chi connectivity index (χ0n) is 11.1. The first-order valence-electron chi connectivity index (χ1n) is 5.39. The molecule has 0 aromatic carbocycles. The van der Waals surface area contributed by atoms with Gasteiger partial charge in [-0.05, 0) is 39.7 Å². The van der Waals surface area contributed by atoms with Crippen LogP contribution in [0.4, 0.5) is 0 Å². The van der Waals surface area contributed by atoms with Gasteiger partial charge in [-0.3, -0.25) is 4.79 Å². The van der Waals surface area contributed by atoms with E-state index in [1.54, 1.807) is 14.0 Å². The minimum absolute atomic E-state index is 0.111. The van der Waals surface area contributed by atoms with Crippen molar-refractivity contribution in [2.75, 3.05) is 14.2 Å². The van der Waals surface area contributed by atoms with Gasteiger partial charge in [0.05, 0.1) is 11.6 Å². The molecule has 1 atom stereocenters. The van der Waals surface area contributed by atoms with Crippen LogP contribution in [0.2, 0.25) is 0 Å². The number of ketones is 1. The molecule has 1 unspecified atom stereocenters. The van der Waals surface area contributed by atoms with Crippen molar-refractivity contribution in [1.82, 2.24) is 5.32 Å². The van der Waals surface area contributed by atoms with Crippen molar-refractivity contribution < 1.29 is 9.53 Å². The molecule has 1 N–H and O–H groups in total. The van der Waals surface area contributed by atoms with Crippen LogP contribution in [-0.4, -0.2) is 31.6 Å². The monoisotopic (exact) mass is 215 g/mol. The highest BCUT2D eigenvalue weighted by atomic mass is 16.5. The maximum absolute atomic E-state index is 11.5. The zero-order chi connectivity index (χ0) is 12.3. The molecule has 0 saturated heterocycles. The predicted molar refractivity (Wildman–Crippen MR) is 63.0 cm³/mol. The van der Waals surface area contributed by atoms with E-state index >= 15 is 0 Å². The first kappa shape index (κ1) is 14.6. The highest BCUT2D eigenvalue weighted by Crippen LogP contribution is 2.33. The van der Waals surface area contributed by atoms with Gasteiger partial charge < -0.3 is 10.1 Å². The Balaban J connectivity index is 4.72. The summed E-state index contributed by atoms with van der Waals surface area (Å²) in [4.78, 5) is 11.5. The average Bonchev–Trinajstić information content (AvgIpc) is 2.01. The van der Waals surface area contributed by atoms with E-state index in [2.05, 4.69) is 19.2 Å². The van der Waals surface area contributed by atoms with Gasteiger partial charge >= 0.3 is 0 Å². The second-order valence-corrected chi connectivity index (χ2v) is 5.46. The summed E-state index contributed by atoms with van der Waals surface area (Å²) in [5.41, 5.74) is -0.311. The van der Waals surface area contributed by atoms with Crippen LogP contribution >= 0.6 is 0 Å². The van der Waals surface area contributed by atoms with E-state index in [1.807, 2.05) is 20.9 Å². The zero-order valence-corrected chi connectivity index (χ0v) is 11.1. The van der Waals surface area contributed by atoms with Crippen LogP contribution in [0.25, 0.3) is 0 Å². The van der Waals surface area contributed by atoms with Crippen LogP contribution in [0, 0.1) is 5.41 Å². The Hall–Kier alpha value is -0.410. The molecule has 3 nitrogen and oxygen atoms in total. The van der Waals surface area contributed by atoms with Crippen LogP contribution in [0.3, 0.4) is 0 Å². The van der Waals surface area contributed by atoms with Gasteiger partial charge in [0, 0.05) is 7.11 Å². The Morgan fingerprint density at radius 1 is 1.33 bits per heavy atom. The number of nitrogens with one attached hydrogen (secondary N) is 1. The molecule has 90 valence electrons. The fourth-order valence-corrected chi connectivity index (χ4v) is 2.42. The molecule has 0 heterocycles. The Labute approximate surface area is 93.6 Å². The number of hydrogen-bond donors (Lipinski definition) is 1. The fraction of sp³-hybridized carbons (Fsp3) is 0.917. The molecule has 15 heavy (non-hydrogen) atoms. The van der Waals surface area contributed by atoms with E-state index in [1.165, 1.54) is 0 Å². The summed E-state index contributed by atoms with van der Waals surface area (Å²) < 4.78 is 5.41. The summed E-state index contributed by atoms with van der Waals surface area (Å²) in [6.07, 6.45) is 0.835. The number of carbonyl (C=O) groups is 1. The standard InChI is InChI=1S/C12H25NO2/c1-9(14)10(13-6)11(2,3)8-12(4,5)15-7/h10,13H,8H2,1-7H3. The lowest BCUT2D eigenvalue weighted by atomic mass is 9.74. The topological polar surface area (TPSA) is 38.3 Å². The van der Waals surface area contributed by atoms with Gasteiger partial charge in [-0.2, -0.15) is 0 Å². The quantitative estimate of drug-likeness (QED) is 0.736. The van der Waals surface area contributed by atoms with Crippen molar-refractivity contribution in [3.05, 3.63) is 0 Å². The third-order valence-electron chi connectivity index (χ3n) is 2.91. The lowest BCUT2D eigenvalue weighted by Crippen LogP contribution is -2.48. The Morgan fingerprint density at radius 3 is 2.07 bits per heavy atom. The van der Waals surface area contributed by atoms with Gasteiger partial charge in [-0.15, -0.1) is 0 Å². The summed E-state index contributed by atoms with van der Waals surface area (Å²) >= 11 is 0. The number of carbonyl (C=O) groups excluding carboxylic acids is 1. The third-order valence-corrected chi connectivity index (χ3v) is 2.91. The maximum atomic E-state index is 11.5. The van der Waals surface area contributed by atoms with Gasteiger partial charge in [0.1, 0.15) is 5.78 Å². The molecule has 0 aromatic rings. The predicted octanol–water partition coefficient (Wildman–Crippen LogP) is 2.00. The molecule has 0 bridgehead atoms. The lowest BCUT2D eigenvalue weighted by Gasteiger charge is -2.38. The lowest BCUT2D eigenvalue weighted by molar-refractivity contribution is -0.122. The van der Waals surface area contributed by atoms with Crippen molar-refractivity contribution >= 4 is 5.78 Å². The molecular weight excluding hydrogens is 190 g/mol. The van der Waals surface area contributed by atoms with Gasteiger partial charge in [-0.1, -0.05) is 13.8 Å². The molecule has 0 aliphatic heterocycles. The summed E-state index contributed by atoms with van der Waals surface area (Å²) in [5, 5.41) is 3.08. The molecular formula is C12H25NO2. The molecule has 0 radical (unpaired) electrons. The second kappa shape index (κ2) is 5.08. The van der Waals surface area contributed by atoms with E-state index in [0.717, 1.165) is 6.42 Å².